The Morgan fingerprint density at radius 3 is 3.12 bits per heavy atom. The van der Waals surface area contributed by atoms with Gasteiger partial charge in [-0.2, -0.15) is 0 Å². The van der Waals surface area contributed by atoms with Crippen LogP contribution in [0.1, 0.15) is 28.9 Å². The average Bonchev–Trinajstić information content (AvgIpc) is 2.59. The van der Waals surface area contributed by atoms with Gasteiger partial charge in [0.25, 0.3) is 0 Å². The van der Waals surface area contributed by atoms with E-state index >= 15 is 0 Å². The maximum atomic E-state index is 8.85. The second kappa shape index (κ2) is 5.25. The summed E-state index contributed by atoms with van der Waals surface area (Å²) in [5.41, 5.74) is 1.33. The lowest BCUT2D eigenvalue weighted by atomic mass is 9.93. The van der Waals surface area contributed by atoms with Gasteiger partial charge < -0.3 is 5.11 Å². The third-order valence-corrected chi connectivity index (χ3v) is 4.22. The fourth-order valence-corrected chi connectivity index (χ4v) is 3.50. The molecular formula is C12H20N2OS. The minimum atomic E-state index is 0.221. The van der Waals surface area contributed by atoms with Gasteiger partial charge in [-0.3, -0.25) is 4.90 Å². The molecule has 0 aliphatic heterocycles. The third kappa shape index (κ3) is 2.81. The predicted molar refractivity (Wildman–Crippen MR) is 66.7 cm³/mol. The van der Waals surface area contributed by atoms with Crippen molar-refractivity contribution in [2.45, 2.75) is 32.7 Å². The molecule has 2 rings (SSSR count). The maximum absolute atomic E-state index is 8.85. The number of nitrogens with zero attached hydrogens (tertiary/aromatic N) is 2. The quantitative estimate of drug-likeness (QED) is 0.870. The molecule has 4 heteroatoms. The van der Waals surface area contributed by atoms with Gasteiger partial charge >= 0.3 is 0 Å². The van der Waals surface area contributed by atoms with Gasteiger partial charge in [-0.25, -0.2) is 4.98 Å². The summed E-state index contributed by atoms with van der Waals surface area (Å²) in [6.45, 7) is 4.13. The molecule has 1 aliphatic rings. The molecule has 0 fully saturated rings. The number of aliphatic hydroxyl groups is 1. The Labute approximate surface area is 101 Å². The van der Waals surface area contributed by atoms with E-state index in [0.717, 1.165) is 25.4 Å². The van der Waals surface area contributed by atoms with E-state index in [1.54, 1.807) is 0 Å². The highest BCUT2D eigenvalue weighted by Gasteiger charge is 2.19. The van der Waals surface area contributed by atoms with Gasteiger partial charge in [0.1, 0.15) is 5.01 Å². The van der Waals surface area contributed by atoms with Crippen LogP contribution in [0.5, 0.6) is 0 Å². The first-order valence-electron chi connectivity index (χ1n) is 5.96. The van der Waals surface area contributed by atoms with Crippen LogP contribution in [0.4, 0.5) is 0 Å². The first-order chi connectivity index (χ1) is 7.69. The van der Waals surface area contributed by atoms with Gasteiger partial charge in [0.2, 0.25) is 0 Å². The van der Waals surface area contributed by atoms with Gasteiger partial charge in [-0.1, -0.05) is 6.92 Å². The van der Waals surface area contributed by atoms with Crippen molar-refractivity contribution in [1.82, 2.24) is 9.88 Å². The molecule has 0 spiro atoms. The summed E-state index contributed by atoms with van der Waals surface area (Å²) in [5, 5.41) is 10.1. The van der Waals surface area contributed by atoms with Crippen LogP contribution in [-0.4, -0.2) is 35.2 Å². The molecule has 0 bridgehead atoms. The van der Waals surface area contributed by atoms with E-state index in [2.05, 4.69) is 11.8 Å². The molecule has 1 heterocycles. The van der Waals surface area contributed by atoms with Crippen molar-refractivity contribution in [3.05, 3.63) is 15.6 Å². The number of hydrogen-bond donors (Lipinski definition) is 1. The molecular weight excluding hydrogens is 220 g/mol. The molecule has 1 aromatic rings. The average molecular weight is 240 g/mol. The minimum absolute atomic E-state index is 0.221. The van der Waals surface area contributed by atoms with Crippen molar-refractivity contribution < 1.29 is 5.11 Å². The smallest absolute Gasteiger partial charge is 0.107 e. The van der Waals surface area contributed by atoms with Crippen molar-refractivity contribution in [3.63, 3.8) is 0 Å². The van der Waals surface area contributed by atoms with E-state index in [-0.39, 0.29) is 6.61 Å². The monoisotopic (exact) mass is 240 g/mol. The number of fused-ring (bicyclic) bond motifs is 1. The number of aryl methyl sites for hydroxylation is 1. The predicted octanol–water partition coefficient (Wildman–Crippen LogP) is 1.69. The van der Waals surface area contributed by atoms with Crippen molar-refractivity contribution in [2.24, 2.45) is 5.92 Å². The lowest BCUT2D eigenvalue weighted by molar-refractivity contribution is 0.217. The number of rotatable bonds is 4. The summed E-state index contributed by atoms with van der Waals surface area (Å²) in [7, 11) is 2.03. The number of hydrogen-bond acceptors (Lipinski definition) is 4. The van der Waals surface area contributed by atoms with E-state index < -0.39 is 0 Å². The molecule has 1 aliphatic carbocycles. The number of likely N-dealkylation sites (N-methyl/N-ethyl adjacent to an activating group) is 1. The van der Waals surface area contributed by atoms with Crippen LogP contribution >= 0.6 is 11.3 Å². The van der Waals surface area contributed by atoms with E-state index in [9.17, 15) is 0 Å². The van der Waals surface area contributed by atoms with Crippen LogP contribution in [0.2, 0.25) is 0 Å². The van der Waals surface area contributed by atoms with Crippen molar-refractivity contribution in [3.8, 4) is 0 Å². The molecule has 3 nitrogen and oxygen atoms in total. The number of thiazole rings is 1. The van der Waals surface area contributed by atoms with E-state index in [4.69, 9.17) is 10.1 Å². The second-order valence-corrected chi connectivity index (χ2v) is 5.96. The molecule has 0 saturated carbocycles. The standard InChI is InChI=1S/C12H20N2OS/c1-9-3-4-10-11(7-9)16-12(13-10)8-14(2)5-6-15/h9,15H,3-8H2,1-2H3. The molecule has 90 valence electrons. The van der Waals surface area contributed by atoms with Gasteiger partial charge in [0, 0.05) is 11.4 Å². The fourth-order valence-electron chi connectivity index (χ4n) is 2.14. The topological polar surface area (TPSA) is 36.4 Å². The van der Waals surface area contributed by atoms with Crippen LogP contribution in [0.15, 0.2) is 0 Å². The Kier molecular flexibility index (Phi) is 3.95. The maximum Gasteiger partial charge on any atom is 0.107 e. The van der Waals surface area contributed by atoms with Crippen LogP contribution in [0.3, 0.4) is 0 Å². The molecule has 1 unspecified atom stereocenters. The molecule has 0 radical (unpaired) electrons. The third-order valence-electron chi connectivity index (χ3n) is 3.12. The SMILES string of the molecule is CC1CCc2nc(CN(C)CCO)sc2C1. The molecule has 1 N–H and O–H groups in total. The lowest BCUT2D eigenvalue weighted by Crippen LogP contribution is -2.21. The highest BCUT2D eigenvalue weighted by molar-refractivity contribution is 7.11. The molecule has 1 aromatic heterocycles. The Hall–Kier alpha value is -0.450. The number of aliphatic hydroxyl groups excluding tert-OH is 1. The van der Waals surface area contributed by atoms with Crippen LogP contribution in [0.25, 0.3) is 0 Å². The lowest BCUT2D eigenvalue weighted by Gasteiger charge is -2.15. The van der Waals surface area contributed by atoms with E-state index in [1.807, 2.05) is 18.4 Å². The van der Waals surface area contributed by atoms with Crippen molar-refractivity contribution in [2.75, 3.05) is 20.2 Å². The zero-order chi connectivity index (χ0) is 11.5. The largest absolute Gasteiger partial charge is 0.395 e. The first kappa shape index (κ1) is 12.0. The van der Waals surface area contributed by atoms with E-state index in [1.165, 1.54) is 28.4 Å². The van der Waals surface area contributed by atoms with Crippen LogP contribution in [0, 0.1) is 5.92 Å². The Bertz CT molecular complexity index is 351. The number of aromatic nitrogens is 1. The normalized spacial score (nSPS) is 20.1. The van der Waals surface area contributed by atoms with E-state index in [0.29, 0.717) is 0 Å². The molecule has 0 saturated heterocycles. The zero-order valence-corrected chi connectivity index (χ0v) is 10.9. The summed E-state index contributed by atoms with van der Waals surface area (Å²) in [6, 6.07) is 0. The Balaban J connectivity index is 2.01. The minimum Gasteiger partial charge on any atom is -0.395 e. The molecule has 0 amide bonds. The van der Waals surface area contributed by atoms with Gasteiger partial charge in [-0.05, 0) is 32.2 Å². The zero-order valence-electron chi connectivity index (χ0n) is 10.1. The van der Waals surface area contributed by atoms with Crippen LogP contribution < -0.4 is 0 Å². The van der Waals surface area contributed by atoms with Crippen molar-refractivity contribution in [1.29, 1.82) is 0 Å². The molecule has 16 heavy (non-hydrogen) atoms. The molecule has 1 atom stereocenters. The van der Waals surface area contributed by atoms with Crippen LogP contribution in [-0.2, 0) is 19.4 Å². The summed E-state index contributed by atoms with van der Waals surface area (Å²) < 4.78 is 0. The first-order valence-corrected chi connectivity index (χ1v) is 6.77. The summed E-state index contributed by atoms with van der Waals surface area (Å²) in [6.07, 6.45) is 3.64. The summed E-state index contributed by atoms with van der Waals surface area (Å²) in [4.78, 5) is 8.31. The van der Waals surface area contributed by atoms with Crippen molar-refractivity contribution >= 4 is 11.3 Å². The highest BCUT2D eigenvalue weighted by Crippen LogP contribution is 2.30. The second-order valence-electron chi connectivity index (χ2n) is 4.79. The Morgan fingerprint density at radius 1 is 1.56 bits per heavy atom. The summed E-state index contributed by atoms with van der Waals surface area (Å²) in [5.74, 6) is 0.816. The highest BCUT2D eigenvalue weighted by atomic mass is 32.1. The molecule has 0 aromatic carbocycles. The summed E-state index contributed by atoms with van der Waals surface area (Å²) >= 11 is 1.86. The Morgan fingerprint density at radius 2 is 2.38 bits per heavy atom. The van der Waals surface area contributed by atoms with Gasteiger partial charge in [-0.15, -0.1) is 11.3 Å². The van der Waals surface area contributed by atoms with Gasteiger partial charge in [0.05, 0.1) is 18.8 Å². The fraction of sp³-hybridized carbons (Fsp3) is 0.750. The van der Waals surface area contributed by atoms with Gasteiger partial charge in [0.15, 0.2) is 0 Å².